The van der Waals surface area contributed by atoms with Crippen molar-refractivity contribution < 1.29 is 0 Å². The lowest BCUT2D eigenvalue weighted by atomic mass is 9.99. The first-order valence-electron chi connectivity index (χ1n) is 5.41. The Balaban J connectivity index is 2.45. The van der Waals surface area contributed by atoms with Gasteiger partial charge in [-0.15, -0.1) is 0 Å². The van der Waals surface area contributed by atoms with E-state index in [1.807, 2.05) is 0 Å². The average Bonchev–Trinajstić information content (AvgIpc) is 2.43. The largest absolute Gasteiger partial charge is 0.332 e. The van der Waals surface area contributed by atoms with E-state index < -0.39 is 0 Å². The number of imidazole rings is 1. The molecule has 0 saturated heterocycles. The fraction of sp³-hybridized carbons (Fsp3) is 0.727. The molecule has 2 N–H and O–H groups in total. The van der Waals surface area contributed by atoms with Gasteiger partial charge in [0.1, 0.15) is 5.82 Å². The maximum atomic E-state index is 5.99. The van der Waals surface area contributed by atoms with Crippen molar-refractivity contribution in [1.82, 2.24) is 9.55 Å². The highest BCUT2D eigenvalue weighted by Gasteiger charge is 2.22. The van der Waals surface area contributed by atoms with Crippen LogP contribution in [-0.4, -0.2) is 15.6 Å². The quantitative estimate of drug-likeness (QED) is 0.736. The van der Waals surface area contributed by atoms with Gasteiger partial charge in [-0.25, -0.2) is 4.98 Å². The predicted molar refractivity (Wildman–Crippen MR) is 57.3 cm³/mol. The lowest BCUT2D eigenvalue weighted by molar-refractivity contribution is 0.462. The Kier molecular flexibility index (Phi) is 2.35. The molecular weight excluding hydrogens is 174 g/mol. The van der Waals surface area contributed by atoms with Crippen LogP contribution in [0.1, 0.15) is 43.4 Å². The Morgan fingerprint density at radius 3 is 2.86 bits per heavy atom. The number of nitrogens with two attached hydrogens (primary N) is 1. The first-order chi connectivity index (χ1) is 6.59. The van der Waals surface area contributed by atoms with Gasteiger partial charge in [0, 0.05) is 24.7 Å². The molecule has 0 saturated carbocycles. The van der Waals surface area contributed by atoms with Gasteiger partial charge >= 0.3 is 0 Å². The molecule has 1 aliphatic rings. The van der Waals surface area contributed by atoms with E-state index in [0.717, 1.165) is 25.2 Å². The minimum atomic E-state index is 0.330. The zero-order valence-corrected chi connectivity index (χ0v) is 9.25. The predicted octanol–water partition coefficient (Wildman–Crippen LogP) is 1.59. The number of hydrogen-bond donors (Lipinski definition) is 1. The third-order valence-electron chi connectivity index (χ3n) is 3.02. The van der Waals surface area contributed by atoms with Crippen molar-refractivity contribution in [3.8, 4) is 0 Å². The summed E-state index contributed by atoms with van der Waals surface area (Å²) in [5, 5.41) is 0. The van der Waals surface area contributed by atoms with Gasteiger partial charge in [-0.2, -0.15) is 0 Å². The van der Waals surface area contributed by atoms with Crippen molar-refractivity contribution in [3.05, 3.63) is 17.2 Å². The summed E-state index contributed by atoms with van der Waals surface area (Å²) in [4.78, 5) is 4.63. The van der Waals surface area contributed by atoms with Crippen LogP contribution < -0.4 is 5.73 Å². The number of fused-ring (bicyclic) bond motifs is 1. The van der Waals surface area contributed by atoms with Crippen molar-refractivity contribution in [2.24, 2.45) is 5.73 Å². The summed E-state index contributed by atoms with van der Waals surface area (Å²) in [6.07, 6.45) is 2.08. The molecule has 0 fully saturated rings. The van der Waals surface area contributed by atoms with E-state index in [2.05, 4.69) is 30.3 Å². The van der Waals surface area contributed by atoms with Gasteiger partial charge in [0.2, 0.25) is 0 Å². The van der Waals surface area contributed by atoms with Crippen LogP contribution in [0.25, 0.3) is 0 Å². The summed E-state index contributed by atoms with van der Waals surface area (Å²) in [6.45, 7) is 7.53. The monoisotopic (exact) mass is 193 g/mol. The molecule has 1 aliphatic heterocycles. The van der Waals surface area contributed by atoms with E-state index >= 15 is 0 Å². The first-order valence-corrected chi connectivity index (χ1v) is 5.41. The van der Waals surface area contributed by atoms with E-state index in [1.54, 1.807) is 0 Å². The van der Waals surface area contributed by atoms with Crippen molar-refractivity contribution in [3.63, 3.8) is 0 Å². The number of nitrogens with zero attached hydrogens (tertiary/aromatic N) is 2. The van der Waals surface area contributed by atoms with Gasteiger partial charge < -0.3 is 10.3 Å². The normalized spacial score (nSPS) is 21.4. The third-order valence-corrected chi connectivity index (χ3v) is 3.02. The fourth-order valence-electron chi connectivity index (χ4n) is 2.25. The van der Waals surface area contributed by atoms with Crippen LogP contribution in [0.3, 0.4) is 0 Å². The molecule has 1 atom stereocenters. The molecule has 3 nitrogen and oxygen atoms in total. The molecular formula is C11H19N3. The van der Waals surface area contributed by atoms with E-state index in [0.29, 0.717) is 12.0 Å². The van der Waals surface area contributed by atoms with E-state index in [-0.39, 0.29) is 0 Å². The molecule has 1 unspecified atom stereocenters. The van der Waals surface area contributed by atoms with Gasteiger partial charge in [-0.1, -0.05) is 13.8 Å². The minimum Gasteiger partial charge on any atom is -0.332 e. The molecule has 14 heavy (non-hydrogen) atoms. The summed E-state index contributed by atoms with van der Waals surface area (Å²) in [5.41, 5.74) is 8.61. The molecule has 1 aromatic rings. The van der Waals surface area contributed by atoms with E-state index in [4.69, 9.17) is 5.73 Å². The Morgan fingerprint density at radius 2 is 2.21 bits per heavy atom. The highest BCUT2D eigenvalue weighted by molar-refractivity contribution is 5.22. The SMILES string of the molecule is Cc1nc(C(C)C)c2n1CCC(N)C2. The van der Waals surface area contributed by atoms with Crippen LogP contribution in [0.2, 0.25) is 0 Å². The highest BCUT2D eigenvalue weighted by Crippen LogP contribution is 2.25. The van der Waals surface area contributed by atoms with Crippen LogP contribution in [0.15, 0.2) is 0 Å². The number of hydrogen-bond acceptors (Lipinski definition) is 2. The molecule has 1 aromatic heterocycles. The average molecular weight is 193 g/mol. The minimum absolute atomic E-state index is 0.330. The molecule has 78 valence electrons. The maximum Gasteiger partial charge on any atom is 0.106 e. The number of aromatic nitrogens is 2. The first kappa shape index (κ1) is 9.71. The second-order valence-corrected chi connectivity index (χ2v) is 4.55. The van der Waals surface area contributed by atoms with Gasteiger partial charge in [-0.3, -0.25) is 0 Å². The number of aryl methyl sites for hydroxylation is 1. The number of rotatable bonds is 1. The molecule has 3 heteroatoms. The lowest BCUT2D eigenvalue weighted by Gasteiger charge is -2.22. The highest BCUT2D eigenvalue weighted by atomic mass is 15.1. The van der Waals surface area contributed by atoms with Crippen molar-refractivity contribution in [1.29, 1.82) is 0 Å². The van der Waals surface area contributed by atoms with Crippen LogP contribution in [-0.2, 0) is 13.0 Å². The zero-order valence-electron chi connectivity index (χ0n) is 9.25. The lowest BCUT2D eigenvalue weighted by Crippen LogP contribution is -2.31. The van der Waals surface area contributed by atoms with E-state index in [9.17, 15) is 0 Å². The molecule has 0 bridgehead atoms. The second-order valence-electron chi connectivity index (χ2n) is 4.55. The van der Waals surface area contributed by atoms with Gasteiger partial charge in [-0.05, 0) is 19.3 Å². The molecule has 0 amide bonds. The Hall–Kier alpha value is -0.830. The summed E-state index contributed by atoms with van der Waals surface area (Å²) in [6, 6.07) is 0.330. The zero-order chi connectivity index (χ0) is 10.3. The second kappa shape index (κ2) is 3.39. The molecule has 2 heterocycles. The van der Waals surface area contributed by atoms with Crippen molar-refractivity contribution in [2.75, 3.05) is 0 Å². The summed E-state index contributed by atoms with van der Waals surface area (Å²) < 4.78 is 2.33. The van der Waals surface area contributed by atoms with Crippen molar-refractivity contribution >= 4 is 0 Å². The molecule has 0 aromatic carbocycles. The Labute approximate surface area is 85.3 Å². The Bertz CT molecular complexity index is 339. The van der Waals surface area contributed by atoms with Gasteiger partial charge in [0.05, 0.1) is 5.69 Å². The van der Waals surface area contributed by atoms with Crippen LogP contribution in [0.5, 0.6) is 0 Å². The fourth-order valence-corrected chi connectivity index (χ4v) is 2.25. The summed E-state index contributed by atoms with van der Waals surface area (Å²) >= 11 is 0. The van der Waals surface area contributed by atoms with Crippen LogP contribution in [0.4, 0.5) is 0 Å². The topological polar surface area (TPSA) is 43.8 Å². The molecule has 2 rings (SSSR count). The smallest absolute Gasteiger partial charge is 0.106 e. The standard InChI is InChI=1S/C11H19N3/c1-7(2)11-10-6-9(12)4-5-14(10)8(3)13-11/h7,9H,4-6,12H2,1-3H3. The van der Waals surface area contributed by atoms with Gasteiger partial charge in [0.15, 0.2) is 0 Å². The van der Waals surface area contributed by atoms with Crippen LogP contribution in [0, 0.1) is 6.92 Å². The van der Waals surface area contributed by atoms with Crippen molar-refractivity contribution in [2.45, 2.75) is 52.1 Å². The Morgan fingerprint density at radius 1 is 1.50 bits per heavy atom. The third kappa shape index (κ3) is 1.46. The van der Waals surface area contributed by atoms with Crippen LogP contribution >= 0.6 is 0 Å². The summed E-state index contributed by atoms with van der Waals surface area (Å²) in [5.74, 6) is 1.66. The van der Waals surface area contributed by atoms with E-state index in [1.165, 1.54) is 11.4 Å². The summed E-state index contributed by atoms with van der Waals surface area (Å²) in [7, 11) is 0. The maximum absolute atomic E-state index is 5.99. The molecule has 0 aliphatic carbocycles. The molecule has 0 spiro atoms. The molecule has 0 radical (unpaired) electrons. The van der Waals surface area contributed by atoms with Gasteiger partial charge in [0.25, 0.3) is 0 Å².